The summed E-state index contributed by atoms with van der Waals surface area (Å²) < 4.78 is 58.8. The van der Waals surface area contributed by atoms with Gasteiger partial charge >= 0.3 is 5.97 Å². The molecule has 0 aromatic heterocycles. The highest BCUT2D eigenvalue weighted by molar-refractivity contribution is 7.92. The second kappa shape index (κ2) is 6.83. The van der Waals surface area contributed by atoms with Crippen molar-refractivity contribution in [3.8, 4) is 5.75 Å². The van der Waals surface area contributed by atoms with Crippen molar-refractivity contribution in [2.45, 2.75) is 11.8 Å². The van der Waals surface area contributed by atoms with Gasteiger partial charge in [0.2, 0.25) is 0 Å². The highest BCUT2D eigenvalue weighted by atomic mass is 32.2. The first-order chi connectivity index (χ1) is 11.2. The lowest BCUT2D eigenvalue weighted by molar-refractivity contribution is 0.0686. The van der Waals surface area contributed by atoms with Crippen molar-refractivity contribution in [3.05, 3.63) is 53.6 Å². The van der Waals surface area contributed by atoms with Crippen molar-refractivity contribution in [2.24, 2.45) is 0 Å². The summed E-state index contributed by atoms with van der Waals surface area (Å²) in [4.78, 5) is 10.6. The molecule has 24 heavy (non-hydrogen) atoms. The number of rotatable bonds is 6. The summed E-state index contributed by atoms with van der Waals surface area (Å²) >= 11 is 0. The standard InChI is InChI=1S/C15H13F2NO5S/c1-2-23-10-3-5-11(6-4-10)24(21,22)18-9-7-12(16)14(15(19)20)13(17)8-9/h3-8,18H,2H2,1H3,(H,19,20). The van der Waals surface area contributed by atoms with Crippen molar-refractivity contribution < 1.29 is 31.8 Å². The molecule has 0 aliphatic carbocycles. The number of carboxylic acid groups (broad SMARTS) is 1. The molecule has 0 atom stereocenters. The molecule has 9 heteroatoms. The molecule has 2 aromatic rings. The first-order valence-electron chi connectivity index (χ1n) is 6.72. The van der Waals surface area contributed by atoms with Gasteiger partial charge in [-0.1, -0.05) is 0 Å². The predicted molar refractivity (Wildman–Crippen MR) is 81.7 cm³/mol. The molecule has 0 fully saturated rings. The lowest BCUT2D eigenvalue weighted by Gasteiger charge is -2.10. The van der Waals surface area contributed by atoms with Crippen molar-refractivity contribution in [3.63, 3.8) is 0 Å². The van der Waals surface area contributed by atoms with Gasteiger partial charge < -0.3 is 9.84 Å². The van der Waals surface area contributed by atoms with E-state index in [-0.39, 0.29) is 4.90 Å². The van der Waals surface area contributed by atoms with Gasteiger partial charge in [0.15, 0.2) is 0 Å². The van der Waals surface area contributed by atoms with Crippen LogP contribution in [0.4, 0.5) is 14.5 Å². The summed E-state index contributed by atoms with van der Waals surface area (Å²) in [5.41, 5.74) is -1.58. The van der Waals surface area contributed by atoms with Crippen LogP contribution in [-0.2, 0) is 10.0 Å². The Hall–Kier alpha value is -2.68. The van der Waals surface area contributed by atoms with E-state index in [4.69, 9.17) is 9.84 Å². The monoisotopic (exact) mass is 357 g/mol. The minimum atomic E-state index is -4.10. The maximum absolute atomic E-state index is 13.6. The Labute approximate surface area is 136 Å². The molecular formula is C15H13F2NO5S. The van der Waals surface area contributed by atoms with Gasteiger partial charge in [-0.2, -0.15) is 0 Å². The number of carbonyl (C=O) groups is 1. The fourth-order valence-corrected chi connectivity index (χ4v) is 2.97. The van der Waals surface area contributed by atoms with Gasteiger partial charge in [-0.05, 0) is 43.3 Å². The van der Waals surface area contributed by atoms with Crippen LogP contribution in [0.15, 0.2) is 41.3 Å². The fraction of sp³-hybridized carbons (Fsp3) is 0.133. The highest BCUT2D eigenvalue weighted by Gasteiger charge is 2.20. The minimum Gasteiger partial charge on any atom is -0.494 e. The molecule has 6 nitrogen and oxygen atoms in total. The summed E-state index contributed by atoms with van der Waals surface area (Å²) in [7, 11) is -4.10. The largest absolute Gasteiger partial charge is 0.494 e. The molecule has 2 aromatic carbocycles. The van der Waals surface area contributed by atoms with Crippen LogP contribution in [0.3, 0.4) is 0 Å². The number of anilines is 1. The van der Waals surface area contributed by atoms with Crippen LogP contribution in [-0.4, -0.2) is 26.1 Å². The average molecular weight is 357 g/mol. The van der Waals surface area contributed by atoms with Gasteiger partial charge in [-0.15, -0.1) is 0 Å². The number of hydrogen-bond acceptors (Lipinski definition) is 4. The smallest absolute Gasteiger partial charge is 0.341 e. The summed E-state index contributed by atoms with van der Waals surface area (Å²) in [6.45, 7) is 2.19. The molecule has 2 rings (SSSR count). The maximum Gasteiger partial charge on any atom is 0.341 e. The molecule has 0 radical (unpaired) electrons. The molecular weight excluding hydrogens is 344 g/mol. The quantitative estimate of drug-likeness (QED) is 0.829. The van der Waals surface area contributed by atoms with E-state index >= 15 is 0 Å². The second-order valence-corrected chi connectivity index (χ2v) is 6.31. The molecule has 0 aliphatic heterocycles. The molecule has 0 spiro atoms. The number of aromatic carboxylic acids is 1. The lowest BCUT2D eigenvalue weighted by atomic mass is 10.2. The zero-order valence-electron chi connectivity index (χ0n) is 12.4. The van der Waals surface area contributed by atoms with E-state index in [0.29, 0.717) is 24.5 Å². The van der Waals surface area contributed by atoms with Gasteiger partial charge in [0, 0.05) is 0 Å². The number of halogens is 2. The molecule has 0 saturated carbocycles. The Kier molecular flexibility index (Phi) is 5.03. The van der Waals surface area contributed by atoms with Gasteiger partial charge in [0.1, 0.15) is 22.9 Å². The molecule has 0 amide bonds. The Morgan fingerprint density at radius 1 is 1.17 bits per heavy atom. The van der Waals surface area contributed by atoms with Gasteiger partial charge in [-0.25, -0.2) is 22.0 Å². The third kappa shape index (κ3) is 3.80. The van der Waals surface area contributed by atoms with E-state index in [0.717, 1.165) is 0 Å². The van der Waals surface area contributed by atoms with Gasteiger partial charge in [0.25, 0.3) is 10.0 Å². The molecule has 0 aliphatic rings. The minimum absolute atomic E-state index is 0.144. The average Bonchev–Trinajstić information content (AvgIpc) is 2.46. The SMILES string of the molecule is CCOc1ccc(S(=O)(=O)Nc2cc(F)c(C(=O)O)c(F)c2)cc1. The Morgan fingerprint density at radius 3 is 2.17 bits per heavy atom. The lowest BCUT2D eigenvalue weighted by Crippen LogP contribution is -2.14. The van der Waals surface area contributed by atoms with Crippen LogP contribution in [0, 0.1) is 11.6 Å². The number of sulfonamides is 1. The van der Waals surface area contributed by atoms with Gasteiger partial charge in [-0.3, -0.25) is 4.72 Å². The number of carboxylic acids is 1. The van der Waals surface area contributed by atoms with Crippen molar-refractivity contribution >= 4 is 21.7 Å². The summed E-state index contributed by atoms with van der Waals surface area (Å²) in [6.07, 6.45) is 0. The van der Waals surface area contributed by atoms with Crippen LogP contribution in [0.1, 0.15) is 17.3 Å². The molecule has 0 saturated heterocycles. The number of nitrogens with one attached hydrogen (secondary N) is 1. The summed E-state index contributed by atoms with van der Waals surface area (Å²) in [5.74, 6) is -4.08. The van der Waals surface area contributed by atoms with Crippen LogP contribution < -0.4 is 9.46 Å². The predicted octanol–water partition coefficient (Wildman–Crippen LogP) is 2.86. The number of benzene rings is 2. The van der Waals surface area contributed by atoms with Crippen LogP contribution >= 0.6 is 0 Å². The van der Waals surface area contributed by atoms with E-state index < -0.39 is 38.9 Å². The summed E-state index contributed by atoms with van der Waals surface area (Å²) in [5, 5.41) is 8.69. The molecule has 128 valence electrons. The van der Waals surface area contributed by atoms with E-state index in [9.17, 15) is 22.0 Å². The maximum atomic E-state index is 13.6. The van der Waals surface area contributed by atoms with E-state index in [1.54, 1.807) is 6.92 Å². The molecule has 0 unspecified atom stereocenters. The van der Waals surface area contributed by atoms with Crippen LogP contribution in [0.5, 0.6) is 5.75 Å². The molecule has 0 bridgehead atoms. The van der Waals surface area contributed by atoms with Crippen molar-refractivity contribution in [1.29, 1.82) is 0 Å². The third-order valence-electron chi connectivity index (χ3n) is 2.95. The van der Waals surface area contributed by atoms with E-state index in [2.05, 4.69) is 0 Å². The van der Waals surface area contributed by atoms with E-state index in [1.807, 2.05) is 4.72 Å². The Morgan fingerprint density at radius 2 is 1.71 bits per heavy atom. The van der Waals surface area contributed by atoms with Crippen LogP contribution in [0.25, 0.3) is 0 Å². The Balaban J connectivity index is 2.30. The normalized spacial score (nSPS) is 11.1. The molecule has 2 N–H and O–H groups in total. The zero-order chi connectivity index (χ0) is 17.9. The topological polar surface area (TPSA) is 92.7 Å². The highest BCUT2D eigenvalue weighted by Crippen LogP contribution is 2.23. The number of ether oxygens (including phenoxy) is 1. The van der Waals surface area contributed by atoms with Crippen molar-refractivity contribution in [2.75, 3.05) is 11.3 Å². The zero-order valence-corrected chi connectivity index (χ0v) is 13.2. The molecule has 0 heterocycles. The first kappa shape index (κ1) is 17.7. The van der Waals surface area contributed by atoms with Crippen molar-refractivity contribution in [1.82, 2.24) is 0 Å². The number of hydrogen-bond donors (Lipinski definition) is 2. The third-order valence-corrected chi connectivity index (χ3v) is 4.35. The van der Waals surface area contributed by atoms with E-state index in [1.165, 1.54) is 24.3 Å². The fourth-order valence-electron chi connectivity index (χ4n) is 1.93. The Bertz CT molecular complexity index is 843. The summed E-state index contributed by atoms with van der Waals surface area (Å²) in [6, 6.07) is 6.61. The first-order valence-corrected chi connectivity index (χ1v) is 8.21. The van der Waals surface area contributed by atoms with Crippen LogP contribution in [0.2, 0.25) is 0 Å². The second-order valence-electron chi connectivity index (χ2n) is 4.63. The van der Waals surface area contributed by atoms with Gasteiger partial charge in [0.05, 0.1) is 17.2 Å².